The molecule has 32 heavy (non-hydrogen) atoms. The van der Waals surface area contributed by atoms with E-state index in [0.717, 1.165) is 4.47 Å². The fourth-order valence-electron chi connectivity index (χ4n) is 2.78. The fraction of sp³-hybridized carbons (Fsp3) is 0.125. The second-order valence-corrected chi connectivity index (χ2v) is 7.34. The molecule has 7 nitrogen and oxygen atoms in total. The standard InChI is InChI=1S/C24H21BrN2O5/c1-3-31-19-11-8-16(9-12-19)24(29)32-21-13-10-18(25)14-17(21)15-26-27-23(28)20-6-4-5-7-22(20)30-2/h4-15H,3H2,1-2H3,(H,27,28)/b26-15-. The number of nitrogens with one attached hydrogen (secondary N) is 1. The Balaban J connectivity index is 1.73. The molecule has 1 amide bonds. The van der Waals surface area contributed by atoms with Crippen molar-refractivity contribution in [3.05, 3.63) is 87.9 Å². The second-order valence-electron chi connectivity index (χ2n) is 6.43. The smallest absolute Gasteiger partial charge is 0.343 e. The maximum absolute atomic E-state index is 12.6. The molecule has 0 aromatic heterocycles. The van der Waals surface area contributed by atoms with E-state index < -0.39 is 11.9 Å². The molecule has 3 aromatic rings. The largest absolute Gasteiger partial charge is 0.496 e. The number of carbonyl (C=O) groups is 2. The third-order valence-corrected chi connectivity index (χ3v) is 4.79. The van der Waals surface area contributed by atoms with Crippen molar-refractivity contribution < 1.29 is 23.8 Å². The van der Waals surface area contributed by atoms with Crippen LogP contribution in [0, 0.1) is 0 Å². The lowest BCUT2D eigenvalue weighted by Gasteiger charge is -2.09. The molecule has 3 rings (SSSR count). The van der Waals surface area contributed by atoms with E-state index in [4.69, 9.17) is 14.2 Å². The van der Waals surface area contributed by atoms with Crippen LogP contribution in [0.1, 0.15) is 33.2 Å². The van der Waals surface area contributed by atoms with Crippen molar-refractivity contribution in [2.24, 2.45) is 5.10 Å². The molecule has 0 saturated carbocycles. The van der Waals surface area contributed by atoms with Crippen LogP contribution in [0.15, 0.2) is 76.3 Å². The maximum Gasteiger partial charge on any atom is 0.343 e. The van der Waals surface area contributed by atoms with Crippen LogP contribution in [0.25, 0.3) is 0 Å². The van der Waals surface area contributed by atoms with Gasteiger partial charge in [0.2, 0.25) is 0 Å². The number of hydrazone groups is 1. The predicted molar refractivity (Wildman–Crippen MR) is 125 cm³/mol. The third-order valence-electron chi connectivity index (χ3n) is 4.30. The molecule has 0 saturated heterocycles. The molecular formula is C24H21BrN2O5. The Morgan fingerprint density at radius 1 is 1.03 bits per heavy atom. The van der Waals surface area contributed by atoms with Gasteiger partial charge in [0.25, 0.3) is 5.91 Å². The van der Waals surface area contributed by atoms with Crippen molar-refractivity contribution >= 4 is 34.0 Å². The van der Waals surface area contributed by atoms with Gasteiger partial charge in [0.15, 0.2) is 0 Å². The summed E-state index contributed by atoms with van der Waals surface area (Å²) in [5.41, 5.74) is 3.68. The molecule has 0 bridgehead atoms. The quantitative estimate of drug-likeness (QED) is 0.208. The van der Waals surface area contributed by atoms with Gasteiger partial charge < -0.3 is 14.2 Å². The van der Waals surface area contributed by atoms with Gasteiger partial charge in [-0.2, -0.15) is 5.10 Å². The molecule has 3 aromatic carbocycles. The first kappa shape index (κ1) is 23.0. The molecule has 1 N–H and O–H groups in total. The Bertz CT molecular complexity index is 1130. The molecule has 8 heteroatoms. The normalized spacial score (nSPS) is 10.6. The van der Waals surface area contributed by atoms with Crippen LogP contribution in [0.5, 0.6) is 17.2 Å². The highest BCUT2D eigenvalue weighted by Crippen LogP contribution is 2.23. The number of halogens is 1. The summed E-state index contributed by atoms with van der Waals surface area (Å²) in [5, 5.41) is 4.00. The molecule has 0 unspecified atom stereocenters. The Kier molecular flexibility index (Phi) is 7.99. The fourth-order valence-corrected chi connectivity index (χ4v) is 3.16. The first-order chi connectivity index (χ1) is 15.5. The van der Waals surface area contributed by atoms with Crippen LogP contribution < -0.4 is 19.6 Å². The molecule has 0 aliphatic carbocycles. The van der Waals surface area contributed by atoms with Crippen molar-refractivity contribution in [1.82, 2.24) is 5.43 Å². The molecule has 0 fully saturated rings. The number of benzene rings is 3. The summed E-state index contributed by atoms with van der Waals surface area (Å²) < 4.78 is 16.9. The van der Waals surface area contributed by atoms with Gasteiger partial charge in [-0.1, -0.05) is 28.1 Å². The summed E-state index contributed by atoms with van der Waals surface area (Å²) in [4.78, 5) is 24.9. The van der Waals surface area contributed by atoms with Crippen LogP contribution in [0.3, 0.4) is 0 Å². The lowest BCUT2D eigenvalue weighted by Crippen LogP contribution is -2.18. The van der Waals surface area contributed by atoms with Crippen LogP contribution >= 0.6 is 15.9 Å². The molecule has 164 valence electrons. The number of methoxy groups -OCH3 is 1. The Morgan fingerprint density at radius 3 is 2.50 bits per heavy atom. The van der Waals surface area contributed by atoms with Crippen LogP contribution in [-0.4, -0.2) is 31.8 Å². The van der Waals surface area contributed by atoms with Gasteiger partial charge in [-0.15, -0.1) is 0 Å². The number of hydrogen-bond acceptors (Lipinski definition) is 6. The molecular weight excluding hydrogens is 476 g/mol. The summed E-state index contributed by atoms with van der Waals surface area (Å²) >= 11 is 3.39. The van der Waals surface area contributed by atoms with E-state index >= 15 is 0 Å². The van der Waals surface area contributed by atoms with E-state index in [9.17, 15) is 9.59 Å². The van der Waals surface area contributed by atoms with E-state index in [1.165, 1.54) is 13.3 Å². The Morgan fingerprint density at radius 2 is 1.78 bits per heavy atom. The number of esters is 1. The van der Waals surface area contributed by atoms with E-state index in [2.05, 4.69) is 26.5 Å². The van der Waals surface area contributed by atoms with Crippen LogP contribution in [-0.2, 0) is 0 Å². The van der Waals surface area contributed by atoms with Crippen molar-refractivity contribution in [1.29, 1.82) is 0 Å². The maximum atomic E-state index is 12.6. The van der Waals surface area contributed by atoms with E-state index in [1.807, 2.05) is 6.92 Å². The Hall–Kier alpha value is -3.65. The number of rotatable bonds is 8. The minimum absolute atomic E-state index is 0.294. The van der Waals surface area contributed by atoms with E-state index in [0.29, 0.717) is 40.5 Å². The lowest BCUT2D eigenvalue weighted by molar-refractivity contribution is 0.0734. The molecule has 0 atom stereocenters. The van der Waals surface area contributed by atoms with Crippen molar-refractivity contribution in [2.75, 3.05) is 13.7 Å². The van der Waals surface area contributed by atoms with Gasteiger partial charge >= 0.3 is 5.97 Å². The van der Waals surface area contributed by atoms with Gasteiger partial charge in [0.1, 0.15) is 17.2 Å². The first-order valence-corrected chi connectivity index (χ1v) is 10.5. The molecule has 0 heterocycles. The van der Waals surface area contributed by atoms with Gasteiger partial charge in [0.05, 0.1) is 31.1 Å². The zero-order valence-electron chi connectivity index (χ0n) is 17.5. The number of nitrogens with zero attached hydrogens (tertiary/aromatic N) is 1. The number of para-hydroxylation sites is 1. The summed E-state index contributed by atoms with van der Waals surface area (Å²) in [6.07, 6.45) is 1.40. The molecule has 0 radical (unpaired) electrons. The van der Waals surface area contributed by atoms with Gasteiger partial charge in [0, 0.05) is 10.0 Å². The number of amides is 1. The minimum atomic E-state index is -0.525. The van der Waals surface area contributed by atoms with Crippen LogP contribution in [0.4, 0.5) is 0 Å². The summed E-state index contributed by atoms with van der Waals surface area (Å²) in [6.45, 7) is 2.43. The first-order valence-electron chi connectivity index (χ1n) is 9.72. The Labute approximate surface area is 194 Å². The number of ether oxygens (including phenoxy) is 3. The SMILES string of the molecule is CCOc1ccc(C(=O)Oc2ccc(Br)cc2/C=N\NC(=O)c2ccccc2OC)cc1. The summed E-state index contributed by atoms with van der Waals surface area (Å²) in [6, 6.07) is 18.6. The lowest BCUT2D eigenvalue weighted by atomic mass is 10.2. The highest BCUT2D eigenvalue weighted by molar-refractivity contribution is 9.10. The van der Waals surface area contributed by atoms with Gasteiger partial charge in [-0.05, 0) is 61.5 Å². The summed E-state index contributed by atoms with van der Waals surface area (Å²) in [5.74, 6) is 0.450. The average molecular weight is 497 g/mol. The molecule has 0 aliphatic rings. The summed E-state index contributed by atoms with van der Waals surface area (Å²) in [7, 11) is 1.49. The third kappa shape index (κ3) is 5.95. The van der Waals surface area contributed by atoms with Crippen molar-refractivity contribution in [3.63, 3.8) is 0 Å². The number of hydrogen-bond donors (Lipinski definition) is 1. The monoisotopic (exact) mass is 496 g/mol. The van der Waals surface area contributed by atoms with Gasteiger partial charge in [-0.3, -0.25) is 4.79 Å². The topological polar surface area (TPSA) is 86.2 Å². The van der Waals surface area contributed by atoms with Crippen LogP contribution in [0.2, 0.25) is 0 Å². The number of carbonyl (C=O) groups excluding carboxylic acids is 2. The zero-order chi connectivity index (χ0) is 22.9. The minimum Gasteiger partial charge on any atom is -0.496 e. The predicted octanol–water partition coefficient (Wildman–Crippen LogP) is 4.84. The highest BCUT2D eigenvalue weighted by atomic mass is 79.9. The molecule has 0 aliphatic heterocycles. The zero-order valence-corrected chi connectivity index (χ0v) is 19.1. The van der Waals surface area contributed by atoms with Gasteiger partial charge in [-0.25, -0.2) is 10.2 Å². The molecule has 0 spiro atoms. The highest BCUT2D eigenvalue weighted by Gasteiger charge is 2.13. The van der Waals surface area contributed by atoms with Crippen molar-refractivity contribution in [3.8, 4) is 17.2 Å². The second kappa shape index (κ2) is 11.1. The van der Waals surface area contributed by atoms with E-state index in [1.54, 1.807) is 66.7 Å². The van der Waals surface area contributed by atoms with E-state index in [-0.39, 0.29) is 0 Å². The van der Waals surface area contributed by atoms with Crippen molar-refractivity contribution in [2.45, 2.75) is 6.92 Å². The average Bonchev–Trinajstić information content (AvgIpc) is 2.81.